The molecule has 0 saturated carbocycles. The van der Waals surface area contributed by atoms with Crippen LogP contribution in [0.4, 0.5) is 0 Å². The summed E-state index contributed by atoms with van der Waals surface area (Å²) in [7, 11) is 0. The Bertz CT molecular complexity index is 781. The minimum absolute atomic E-state index is 0.109. The molecule has 1 heterocycles. The van der Waals surface area contributed by atoms with Crippen molar-refractivity contribution < 1.29 is 14.3 Å². The van der Waals surface area contributed by atoms with E-state index in [4.69, 9.17) is 4.74 Å². The lowest BCUT2D eigenvalue weighted by Crippen LogP contribution is -2.31. The van der Waals surface area contributed by atoms with Gasteiger partial charge < -0.3 is 10.1 Å². The van der Waals surface area contributed by atoms with Crippen LogP contribution < -0.4 is 5.32 Å². The van der Waals surface area contributed by atoms with Crippen LogP contribution in [0.15, 0.2) is 29.6 Å². The van der Waals surface area contributed by atoms with E-state index in [0.717, 1.165) is 24.0 Å². The van der Waals surface area contributed by atoms with E-state index >= 15 is 0 Å². The van der Waals surface area contributed by atoms with Crippen molar-refractivity contribution >= 4 is 23.2 Å². The maximum Gasteiger partial charge on any atom is 0.349 e. The summed E-state index contributed by atoms with van der Waals surface area (Å²) < 4.78 is 5.12. The Hall–Kier alpha value is -2.14. The molecule has 3 rings (SSSR count). The fourth-order valence-corrected chi connectivity index (χ4v) is 3.99. The fourth-order valence-electron chi connectivity index (χ4n) is 3.17. The van der Waals surface area contributed by atoms with Crippen molar-refractivity contribution in [2.45, 2.75) is 45.6 Å². The average Bonchev–Trinajstić information content (AvgIpc) is 3.05. The Morgan fingerprint density at radius 1 is 1.20 bits per heavy atom. The number of hydrogen-bond acceptors (Lipinski definition) is 4. The van der Waals surface area contributed by atoms with E-state index in [9.17, 15) is 9.59 Å². The van der Waals surface area contributed by atoms with Crippen LogP contribution in [0.1, 0.15) is 57.7 Å². The number of esters is 1. The molecule has 0 fully saturated rings. The van der Waals surface area contributed by atoms with Gasteiger partial charge in [0.05, 0.1) is 6.04 Å². The highest BCUT2D eigenvalue weighted by Crippen LogP contribution is 2.24. The number of aryl methyl sites for hydroxylation is 3. The number of fused-ring (bicyclic) bond motifs is 1. The molecule has 1 aliphatic rings. The number of rotatable bonds is 5. The first-order chi connectivity index (χ1) is 12.0. The number of benzene rings is 1. The first-order valence-electron chi connectivity index (χ1n) is 8.67. The number of nitrogens with one attached hydrogen (secondary N) is 1. The van der Waals surface area contributed by atoms with Gasteiger partial charge in [-0.15, -0.1) is 11.3 Å². The van der Waals surface area contributed by atoms with E-state index in [2.05, 4.69) is 23.5 Å². The van der Waals surface area contributed by atoms with Gasteiger partial charge in [-0.05, 0) is 73.2 Å². The van der Waals surface area contributed by atoms with Crippen LogP contribution in [0.25, 0.3) is 0 Å². The third kappa shape index (κ3) is 4.28. The van der Waals surface area contributed by atoms with Crippen LogP contribution >= 0.6 is 11.3 Å². The predicted molar refractivity (Wildman–Crippen MR) is 99.0 cm³/mol. The Kier molecular flexibility index (Phi) is 5.53. The molecule has 0 radical (unpaired) electrons. The van der Waals surface area contributed by atoms with Crippen molar-refractivity contribution in [3.05, 3.63) is 56.8 Å². The van der Waals surface area contributed by atoms with E-state index < -0.39 is 5.97 Å². The molecule has 0 bridgehead atoms. The van der Waals surface area contributed by atoms with Gasteiger partial charge in [-0.3, -0.25) is 4.79 Å². The number of carbonyl (C=O) groups is 2. The number of thiophene rings is 1. The van der Waals surface area contributed by atoms with Gasteiger partial charge >= 0.3 is 5.97 Å². The molecule has 1 atom stereocenters. The minimum Gasteiger partial charge on any atom is -0.451 e. The van der Waals surface area contributed by atoms with Gasteiger partial charge in [0.1, 0.15) is 4.88 Å². The lowest BCUT2D eigenvalue weighted by molar-refractivity contribution is -0.124. The summed E-state index contributed by atoms with van der Waals surface area (Å²) in [5.41, 5.74) is 4.78. The molecule has 4 nitrogen and oxygen atoms in total. The molecule has 0 unspecified atom stereocenters. The summed E-state index contributed by atoms with van der Waals surface area (Å²) in [6.07, 6.45) is 4.75. The summed E-state index contributed by atoms with van der Waals surface area (Å²) >= 11 is 1.33. The number of ether oxygens (including phenoxy) is 1. The second-order valence-electron chi connectivity index (χ2n) is 6.53. The largest absolute Gasteiger partial charge is 0.451 e. The van der Waals surface area contributed by atoms with Crippen molar-refractivity contribution in [1.82, 2.24) is 5.32 Å². The third-order valence-corrected chi connectivity index (χ3v) is 5.63. The minimum atomic E-state index is -0.441. The van der Waals surface area contributed by atoms with Gasteiger partial charge in [0.15, 0.2) is 6.61 Å². The molecule has 1 aromatic carbocycles. The highest BCUT2D eigenvalue weighted by atomic mass is 32.1. The molecule has 0 spiro atoms. The molecule has 0 aliphatic heterocycles. The first kappa shape index (κ1) is 17.7. The smallest absolute Gasteiger partial charge is 0.349 e. The van der Waals surface area contributed by atoms with E-state index in [-0.39, 0.29) is 18.6 Å². The van der Waals surface area contributed by atoms with Gasteiger partial charge in [-0.25, -0.2) is 4.79 Å². The molecule has 1 aromatic heterocycles. The SMILES string of the molecule is Cc1ccsc1C(=O)OCC(=O)N[C@@H](C)c1ccc2c(c1)CCCC2. The molecule has 0 saturated heterocycles. The number of carbonyl (C=O) groups excluding carboxylic acids is 2. The molecule has 5 heteroatoms. The first-order valence-corrected chi connectivity index (χ1v) is 9.55. The van der Waals surface area contributed by atoms with Crippen LogP contribution in [-0.4, -0.2) is 18.5 Å². The molecule has 132 valence electrons. The van der Waals surface area contributed by atoms with Crippen LogP contribution in [0, 0.1) is 6.92 Å². The van der Waals surface area contributed by atoms with Crippen molar-refractivity contribution in [2.24, 2.45) is 0 Å². The summed E-state index contributed by atoms with van der Waals surface area (Å²) in [5, 5.41) is 4.74. The van der Waals surface area contributed by atoms with Crippen LogP contribution in [0.3, 0.4) is 0 Å². The fraction of sp³-hybridized carbons (Fsp3) is 0.400. The molecule has 25 heavy (non-hydrogen) atoms. The maximum absolute atomic E-state index is 12.1. The summed E-state index contributed by atoms with van der Waals surface area (Å²) in [6.45, 7) is 3.55. The molecular weight excluding hydrogens is 334 g/mol. The van der Waals surface area contributed by atoms with Gasteiger partial charge in [0, 0.05) is 0 Å². The highest BCUT2D eigenvalue weighted by Gasteiger charge is 2.17. The predicted octanol–water partition coefficient (Wildman–Crippen LogP) is 3.97. The van der Waals surface area contributed by atoms with Crippen molar-refractivity contribution in [1.29, 1.82) is 0 Å². The summed E-state index contributed by atoms with van der Waals surface area (Å²) in [4.78, 5) is 24.6. The second kappa shape index (κ2) is 7.83. The van der Waals surface area contributed by atoms with E-state index in [1.54, 1.807) is 0 Å². The molecular formula is C20H23NO3S. The quantitative estimate of drug-likeness (QED) is 0.824. The maximum atomic E-state index is 12.1. The van der Waals surface area contributed by atoms with Crippen LogP contribution in [-0.2, 0) is 22.4 Å². The van der Waals surface area contributed by atoms with E-state index in [1.807, 2.05) is 25.3 Å². The number of hydrogen-bond donors (Lipinski definition) is 1. The topological polar surface area (TPSA) is 55.4 Å². The number of amides is 1. The van der Waals surface area contributed by atoms with E-state index in [1.165, 1.54) is 35.3 Å². The molecule has 1 N–H and O–H groups in total. The lowest BCUT2D eigenvalue weighted by Gasteiger charge is -2.20. The monoisotopic (exact) mass is 357 g/mol. The third-order valence-electron chi connectivity index (χ3n) is 4.63. The second-order valence-corrected chi connectivity index (χ2v) is 7.45. The van der Waals surface area contributed by atoms with Crippen molar-refractivity contribution in [2.75, 3.05) is 6.61 Å². The zero-order valence-corrected chi connectivity index (χ0v) is 15.4. The van der Waals surface area contributed by atoms with E-state index in [0.29, 0.717) is 4.88 Å². The summed E-state index contributed by atoms with van der Waals surface area (Å²) in [6, 6.07) is 8.20. The van der Waals surface area contributed by atoms with Gasteiger partial charge in [0.25, 0.3) is 5.91 Å². The Balaban J connectivity index is 1.54. The standard InChI is InChI=1S/C20H23NO3S/c1-13-9-10-25-19(13)20(23)24-12-18(22)21-14(2)16-8-7-15-5-3-4-6-17(15)11-16/h7-11,14H,3-6,12H2,1-2H3,(H,21,22)/t14-/m0/s1. The van der Waals surface area contributed by atoms with Crippen molar-refractivity contribution in [3.8, 4) is 0 Å². The Labute approximate surface area is 152 Å². The van der Waals surface area contributed by atoms with Gasteiger partial charge in [-0.1, -0.05) is 18.2 Å². The Morgan fingerprint density at radius 3 is 2.68 bits per heavy atom. The van der Waals surface area contributed by atoms with Gasteiger partial charge in [-0.2, -0.15) is 0 Å². The zero-order chi connectivity index (χ0) is 17.8. The van der Waals surface area contributed by atoms with Crippen LogP contribution in [0.5, 0.6) is 0 Å². The molecule has 2 aromatic rings. The molecule has 1 aliphatic carbocycles. The summed E-state index contributed by atoms with van der Waals surface area (Å²) in [5.74, 6) is -0.725. The van der Waals surface area contributed by atoms with Gasteiger partial charge in [0.2, 0.25) is 0 Å². The van der Waals surface area contributed by atoms with Crippen molar-refractivity contribution in [3.63, 3.8) is 0 Å². The Morgan fingerprint density at radius 2 is 1.96 bits per heavy atom. The zero-order valence-electron chi connectivity index (χ0n) is 14.6. The molecule has 1 amide bonds. The van der Waals surface area contributed by atoms with Crippen LogP contribution in [0.2, 0.25) is 0 Å². The normalized spacial score (nSPS) is 14.5. The average molecular weight is 357 g/mol. The lowest BCUT2D eigenvalue weighted by atomic mass is 9.89. The highest BCUT2D eigenvalue weighted by molar-refractivity contribution is 7.12.